The SMILES string of the molecule is O=C(Cc1ccc(Cl)cc1)N1CCN(c2ccc(N3CCN(CC4CCCO4)CC3)nn2)CC1. The van der Waals surface area contributed by atoms with Crippen molar-refractivity contribution < 1.29 is 9.53 Å². The fourth-order valence-corrected chi connectivity index (χ4v) is 5.09. The third-order valence-electron chi connectivity index (χ3n) is 7.04. The maximum Gasteiger partial charge on any atom is 0.227 e. The van der Waals surface area contributed by atoms with E-state index in [1.165, 1.54) is 12.8 Å². The van der Waals surface area contributed by atoms with Crippen molar-refractivity contribution in [1.82, 2.24) is 20.0 Å². The number of nitrogens with zero attached hydrogens (tertiary/aromatic N) is 6. The highest BCUT2D eigenvalue weighted by molar-refractivity contribution is 6.30. The molecule has 0 spiro atoms. The lowest BCUT2D eigenvalue weighted by atomic mass is 10.1. The van der Waals surface area contributed by atoms with Gasteiger partial charge >= 0.3 is 0 Å². The van der Waals surface area contributed by atoms with Crippen LogP contribution < -0.4 is 9.80 Å². The van der Waals surface area contributed by atoms with Crippen molar-refractivity contribution in [2.75, 3.05) is 75.3 Å². The van der Waals surface area contributed by atoms with E-state index in [2.05, 4.69) is 37.0 Å². The molecular formula is C25H33ClN6O2. The summed E-state index contributed by atoms with van der Waals surface area (Å²) < 4.78 is 5.78. The molecule has 3 aliphatic heterocycles. The standard InChI is InChI=1S/C25H33ClN6O2/c26-21-5-3-20(4-6-21)18-25(33)32-15-13-31(14-16-32)24-8-7-23(27-28-24)30-11-9-29(10-12-30)19-22-2-1-17-34-22/h3-8,22H,1-2,9-19H2. The highest BCUT2D eigenvalue weighted by Crippen LogP contribution is 2.20. The zero-order chi connectivity index (χ0) is 23.3. The van der Waals surface area contributed by atoms with Gasteiger partial charge in [-0.3, -0.25) is 9.69 Å². The van der Waals surface area contributed by atoms with Crippen LogP contribution in [-0.4, -0.2) is 97.5 Å². The van der Waals surface area contributed by atoms with Crippen LogP contribution in [0.3, 0.4) is 0 Å². The Bertz CT molecular complexity index is 935. The maximum atomic E-state index is 12.7. The Morgan fingerprint density at radius 1 is 0.882 bits per heavy atom. The molecule has 1 aromatic carbocycles. The van der Waals surface area contributed by atoms with E-state index in [0.29, 0.717) is 30.6 Å². The van der Waals surface area contributed by atoms with Crippen molar-refractivity contribution in [3.63, 3.8) is 0 Å². The van der Waals surface area contributed by atoms with Gasteiger partial charge in [0.25, 0.3) is 0 Å². The van der Waals surface area contributed by atoms with Crippen molar-refractivity contribution in [3.05, 3.63) is 47.0 Å². The zero-order valence-corrected chi connectivity index (χ0v) is 20.4. The highest BCUT2D eigenvalue weighted by Gasteiger charge is 2.25. The third-order valence-corrected chi connectivity index (χ3v) is 7.30. The summed E-state index contributed by atoms with van der Waals surface area (Å²) in [5.41, 5.74) is 0.992. The zero-order valence-electron chi connectivity index (χ0n) is 19.6. The van der Waals surface area contributed by atoms with E-state index in [-0.39, 0.29) is 5.91 Å². The Labute approximate surface area is 206 Å². The number of carbonyl (C=O) groups excluding carboxylic acids is 1. The summed E-state index contributed by atoms with van der Waals surface area (Å²) in [5.74, 6) is 1.98. The van der Waals surface area contributed by atoms with E-state index in [1.54, 1.807) is 0 Å². The molecule has 5 rings (SSSR count). The smallest absolute Gasteiger partial charge is 0.227 e. The molecule has 1 atom stereocenters. The van der Waals surface area contributed by atoms with Gasteiger partial charge in [-0.05, 0) is 42.7 Å². The Hall–Kier alpha value is -2.42. The van der Waals surface area contributed by atoms with Gasteiger partial charge in [-0.25, -0.2) is 0 Å². The Balaban J connectivity index is 1.07. The maximum absolute atomic E-state index is 12.7. The number of aromatic nitrogens is 2. The van der Waals surface area contributed by atoms with Crippen LogP contribution in [0.5, 0.6) is 0 Å². The lowest BCUT2D eigenvalue weighted by molar-refractivity contribution is -0.130. The van der Waals surface area contributed by atoms with Crippen molar-refractivity contribution in [3.8, 4) is 0 Å². The number of hydrogen-bond acceptors (Lipinski definition) is 7. The van der Waals surface area contributed by atoms with Gasteiger partial charge in [0.05, 0.1) is 12.5 Å². The van der Waals surface area contributed by atoms with Crippen molar-refractivity contribution >= 4 is 29.1 Å². The first-order chi connectivity index (χ1) is 16.6. The van der Waals surface area contributed by atoms with E-state index in [4.69, 9.17) is 16.3 Å². The normalized spacial score (nSPS) is 21.8. The topological polar surface area (TPSA) is 65.0 Å². The molecule has 182 valence electrons. The Morgan fingerprint density at radius 3 is 2.06 bits per heavy atom. The predicted octanol–water partition coefficient (Wildman–Crippen LogP) is 2.32. The second-order valence-corrected chi connectivity index (χ2v) is 9.78. The number of piperazine rings is 2. The van der Waals surface area contributed by atoms with Crippen LogP contribution in [0.1, 0.15) is 18.4 Å². The lowest BCUT2D eigenvalue weighted by Crippen LogP contribution is -2.49. The lowest BCUT2D eigenvalue weighted by Gasteiger charge is -2.37. The van der Waals surface area contributed by atoms with Crippen LogP contribution in [0.2, 0.25) is 5.02 Å². The third kappa shape index (κ3) is 5.79. The average Bonchev–Trinajstić information content (AvgIpc) is 3.39. The molecule has 3 saturated heterocycles. The number of amides is 1. The molecule has 0 N–H and O–H groups in total. The number of anilines is 2. The molecule has 8 nitrogen and oxygen atoms in total. The number of hydrogen-bond donors (Lipinski definition) is 0. The largest absolute Gasteiger partial charge is 0.377 e. The van der Waals surface area contributed by atoms with E-state index < -0.39 is 0 Å². The van der Waals surface area contributed by atoms with Crippen LogP contribution >= 0.6 is 11.6 Å². The second-order valence-electron chi connectivity index (χ2n) is 9.34. The average molecular weight is 485 g/mol. The Morgan fingerprint density at radius 2 is 1.50 bits per heavy atom. The first-order valence-corrected chi connectivity index (χ1v) is 12.7. The van der Waals surface area contributed by atoms with Crippen LogP contribution in [0, 0.1) is 0 Å². The van der Waals surface area contributed by atoms with Gasteiger partial charge in [0.1, 0.15) is 0 Å². The van der Waals surface area contributed by atoms with Gasteiger partial charge < -0.3 is 19.4 Å². The van der Waals surface area contributed by atoms with E-state index in [9.17, 15) is 4.79 Å². The Kier molecular flexibility index (Phi) is 7.47. The summed E-state index contributed by atoms with van der Waals surface area (Å²) in [6.45, 7) is 8.90. The van der Waals surface area contributed by atoms with Gasteiger partial charge in [-0.15, -0.1) is 10.2 Å². The molecule has 0 saturated carbocycles. The minimum atomic E-state index is 0.155. The minimum Gasteiger partial charge on any atom is -0.377 e. The summed E-state index contributed by atoms with van der Waals surface area (Å²) in [6, 6.07) is 11.6. The van der Waals surface area contributed by atoms with E-state index >= 15 is 0 Å². The highest BCUT2D eigenvalue weighted by atomic mass is 35.5. The van der Waals surface area contributed by atoms with Gasteiger partial charge in [0.15, 0.2) is 11.6 Å². The number of ether oxygens (including phenoxy) is 1. The number of benzene rings is 1. The summed E-state index contributed by atoms with van der Waals surface area (Å²) in [6.07, 6.45) is 3.21. The van der Waals surface area contributed by atoms with Crippen LogP contribution in [-0.2, 0) is 16.0 Å². The minimum absolute atomic E-state index is 0.155. The molecular weight excluding hydrogens is 452 g/mol. The first kappa shape index (κ1) is 23.3. The molecule has 2 aromatic rings. The van der Waals surface area contributed by atoms with Crippen LogP contribution in [0.15, 0.2) is 36.4 Å². The van der Waals surface area contributed by atoms with Crippen molar-refractivity contribution in [2.45, 2.75) is 25.4 Å². The number of halogens is 1. The quantitative estimate of drug-likeness (QED) is 0.623. The molecule has 3 fully saturated rings. The summed E-state index contributed by atoms with van der Waals surface area (Å²) in [4.78, 5) is 21.6. The number of rotatable bonds is 6. The molecule has 1 unspecified atom stereocenters. The second kappa shape index (κ2) is 10.9. The van der Waals surface area contributed by atoms with E-state index in [0.717, 1.165) is 69.6 Å². The molecule has 9 heteroatoms. The van der Waals surface area contributed by atoms with Gasteiger partial charge in [-0.2, -0.15) is 0 Å². The summed E-state index contributed by atoms with van der Waals surface area (Å²) >= 11 is 5.94. The summed E-state index contributed by atoms with van der Waals surface area (Å²) in [7, 11) is 0. The fraction of sp³-hybridized carbons (Fsp3) is 0.560. The van der Waals surface area contributed by atoms with Crippen LogP contribution in [0.4, 0.5) is 11.6 Å². The van der Waals surface area contributed by atoms with Gasteiger partial charge in [0.2, 0.25) is 5.91 Å². The molecule has 3 aliphatic rings. The molecule has 0 aliphatic carbocycles. The van der Waals surface area contributed by atoms with Gasteiger partial charge in [-0.1, -0.05) is 23.7 Å². The molecule has 1 amide bonds. The first-order valence-electron chi connectivity index (χ1n) is 12.3. The monoisotopic (exact) mass is 484 g/mol. The van der Waals surface area contributed by atoms with Crippen molar-refractivity contribution in [2.24, 2.45) is 0 Å². The van der Waals surface area contributed by atoms with Gasteiger partial charge in [0, 0.05) is 70.5 Å². The molecule has 34 heavy (non-hydrogen) atoms. The molecule has 0 bridgehead atoms. The van der Waals surface area contributed by atoms with Crippen molar-refractivity contribution in [1.29, 1.82) is 0 Å². The summed E-state index contributed by atoms with van der Waals surface area (Å²) in [5, 5.41) is 9.72. The van der Waals surface area contributed by atoms with E-state index in [1.807, 2.05) is 29.2 Å². The van der Waals surface area contributed by atoms with Crippen LogP contribution in [0.25, 0.3) is 0 Å². The molecule has 0 radical (unpaired) electrons. The fourth-order valence-electron chi connectivity index (χ4n) is 4.96. The number of carbonyl (C=O) groups is 1. The predicted molar refractivity (Wildman–Crippen MR) is 134 cm³/mol. The molecule has 4 heterocycles. The molecule has 1 aromatic heterocycles.